The van der Waals surface area contributed by atoms with Crippen molar-refractivity contribution in [2.24, 2.45) is 0 Å². The average Bonchev–Trinajstić information content (AvgIpc) is 2.62. The van der Waals surface area contributed by atoms with Gasteiger partial charge in [-0.15, -0.1) is 0 Å². The molecule has 0 bridgehead atoms. The van der Waals surface area contributed by atoms with Crippen LogP contribution in [0.2, 0.25) is 0 Å². The smallest absolute Gasteiger partial charge is 0.310 e. The van der Waals surface area contributed by atoms with Gasteiger partial charge in [-0.2, -0.15) is 0 Å². The second kappa shape index (κ2) is 8.74. The van der Waals surface area contributed by atoms with Crippen LogP contribution in [0.15, 0.2) is 53.4 Å². The number of esters is 1. The third-order valence-corrected chi connectivity index (χ3v) is 5.36. The van der Waals surface area contributed by atoms with E-state index in [4.69, 9.17) is 4.74 Å². The SMILES string of the molecule is CN(C)S(=O)(=O)c1cccc(NC(=O)COC(=O)Cc2ccccc2F)c1. The van der Waals surface area contributed by atoms with Crippen LogP contribution in [0.3, 0.4) is 0 Å². The van der Waals surface area contributed by atoms with Crippen LogP contribution in [0.1, 0.15) is 5.56 Å². The minimum atomic E-state index is -3.64. The van der Waals surface area contributed by atoms with Gasteiger partial charge in [0.2, 0.25) is 10.0 Å². The summed E-state index contributed by atoms with van der Waals surface area (Å²) >= 11 is 0. The molecule has 2 aromatic rings. The number of halogens is 1. The van der Waals surface area contributed by atoms with Crippen LogP contribution in [0.25, 0.3) is 0 Å². The van der Waals surface area contributed by atoms with Crippen LogP contribution in [0.5, 0.6) is 0 Å². The molecule has 0 saturated heterocycles. The molecule has 27 heavy (non-hydrogen) atoms. The van der Waals surface area contributed by atoms with Gasteiger partial charge in [-0.05, 0) is 29.8 Å². The van der Waals surface area contributed by atoms with Crippen LogP contribution >= 0.6 is 0 Å². The van der Waals surface area contributed by atoms with Crippen LogP contribution in [-0.4, -0.2) is 45.3 Å². The van der Waals surface area contributed by atoms with E-state index in [1.165, 1.54) is 56.6 Å². The zero-order chi connectivity index (χ0) is 20.0. The van der Waals surface area contributed by atoms with E-state index in [1.807, 2.05) is 0 Å². The molecule has 9 heteroatoms. The fraction of sp³-hybridized carbons (Fsp3) is 0.222. The predicted molar refractivity (Wildman–Crippen MR) is 97.0 cm³/mol. The summed E-state index contributed by atoms with van der Waals surface area (Å²) in [7, 11) is -0.842. The molecule has 1 N–H and O–H groups in total. The molecule has 0 spiro atoms. The van der Waals surface area contributed by atoms with Crippen molar-refractivity contribution in [2.75, 3.05) is 26.0 Å². The molecule has 0 atom stereocenters. The number of nitrogens with zero attached hydrogens (tertiary/aromatic N) is 1. The number of amides is 1. The highest BCUT2D eigenvalue weighted by Gasteiger charge is 2.18. The third-order valence-electron chi connectivity index (χ3n) is 3.55. The van der Waals surface area contributed by atoms with Crippen LogP contribution in [0.4, 0.5) is 10.1 Å². The molecule has 0 fully saturated rings. The van der Waals surface area contributed by atoms with Crippen molar-refractivity contribution in [3.63, 3.8) is 0 Å². The van der Waals surface area contributed by atoms with Gasteiger partial charge in [-0.1, -0.05) is 24.3 Å². The van der Waals surface area contributed by atoms with Gasteiger partial charge in [0, 0.05) is 19.8 Å². The Hall–Kier alpha value is -2.78. The van der Waals surface area contributed by atoms with Gasteiger partial charge in [-0.3, -0.25) is 9.59 Å². The van der Waals surface area contributed by atoms with Gasteiger partial charge in [-0.25, -0.2) is 17.1 Å². The molecule has 0 aliphatic rings. The molecule has 2 aromatic carbocycles. The Morgan fingerprint density at radius 1 is 1.11 bits per heavy atom. The maximum absolute atomic E-state index is 13.5. The number of hydrogen-bond acceptors (Lipinski definition) is 5. The van der Waals surface area contributed by atoms with Gasteiger partial charge in [0.15, 0.2) is 6.61 Å². The number of carbonyl (C=O) groups excluding carboxylic acids is 2. The predicted octanol–water partition coefficient (Wildman–Crippen LogP) is 1.80. The van der Waals surface area contributed by atoms with Crippen molar-refractivity contribution in [2.45, 2.75) is 11.3 Å². The number of benzene rings is 2. The lowest BCUT2D eigenvalue weighted by Crippen LogP contribution is -2.23. The fourth-order valence-electron chi connectivity index (χ4n) is 2.14. The van der Waals surface area contributed by atoms with Crippen molar-refractivity contribution in [1.82, 2.24) is 4.31 Å². The van der Waals surface area contributed by atoms with Gasteiger partial charge in [0.1, 0.15) is 5.82 Å². The van der Waals surface area contributed by atoms with Crippen LogP contribution in [0, 0.1) is 5.82 Å². The van der Waals surface area contributed by atoms with Crippen molar-refractivity contribution >= 4 is 27.6 Å². The zero-order valence-corrected chi connectivity index (χ0v) is 15.6. The number of rotatable bonds is 7. The molecule has 1 amide bonds. The second-order valence-electron chi connectivity index (χ2n) is 5.79. The monoisotopic (exact) mass is 394 g/mol. The summed E-state index contributed by atoms with van der Waals surface area (Å²) in [5.74, 6) is -1.92. The van der Waals surface area contributed by atoms with Crippen molar-refractivity contribution < 1.29 is 27.1 Å². The molecule has 2 rings (SSSR count). The Labute approximate surface area is 156 Å². The van der Waals surface area contributed by atoms with Crippen LogP contribution in [-0.2, 0) is 30.8 Å². The number of ether oxygens (including phenoxy) is 1. The molecule has 0 unspecified atom stereocenters. The highest BCUT2D eigenvalue weighted by molar-refractivity contribution is 7.89. The molecule has 0 saturated carbocycles. The molecule has 0 heterocycles. The quantitative estimate of drug-likeness (QED) is 0.723. The molecule has 144 valence electrons. The van der Waals surface area contributed by atoms with E-state index in [9.17, 15) is 22.4 Å². The first-order valence-corrected chi connectivity index (χ1v) is 9.35. The second-order valence-corrected chi connectivity index (χ2v) is 7.94. The summed E-state index contributed by atoms with van der Waals surface area (Å²) in [6.07, 6.45) is -0.295. The van der Waals surface area contributed by atoms with Gasteiger partial charge in [0.25, 0.3) is 5.91 Å². The van der Waals surface area contributed by atoms with E-state index in [1.54, 1.807) is 6.07 Å². The Morgan fingerprint density at radius 2 is 1.81 bits per heavy atom. The van der Waals surface area contributed by atoms with Crippen LogP contribution < -0.4 is 5.32 Å². The maximum Gasteiger partial charge on any atom is 0.310 e. The Morgan fingerprint density at radius 3 is 2.48 bits per heavy atom. The van der Waals surface area contributed by atoms with Crippen molar-refractivity contribution in [3.05, 3.63) is 59.9 Å². The minimum absolute atomic E-state index is 0.0156. The van der Waals surface area contributed by atoms with E-state index in [0.29, 0.717) is 0 Å². The number of carbonyl (C=O) groups is 2. The maximum atomic E-state index is 13.5. The Balaban J connectivity index is 1.93. The van der Waals surface area contributed by atoms with Crippen molar-refractivity contribution in [3.8, 4) is 0 Å². The molecule has 7 nitrogen and oxygen atoms in total. The minimum Gasteiger partial charge on any atom is -0.455 e. The Bertz CT molecular complexity index is 944. The molecule has 0 radical (unpaired) electrons. The molecular formula is C18H19FN2O5S. The zero-order valence-electron chi connectivity index (χ0n) is 14.8. The lowest BCUT2D eigenvalue weighted by molar-refractivity contribution is -0.146. The number of hydrogen-bond donors (Lipinski definition) is 1. The van der Waals surface area contributed by atoms with Gasteiger partial charge in [0.05, 0.1) is 11.3 Å². The normalized spacial score (nSPS) is 11.3. The topological polar surface area (TPSA) is 92.8 Å². The average molecular weight is 394 g/mol. The largest absolute Gasteiger partial charge is 0.455 e. The molecule has 0 aliphatic heterocycles. The van der Waals surface area contributed by atoms with E-state index in [2.05, 4.69) is 5.32 Å². The lowest BCUT2D eigenvalue weighted by Gasteiger charge is -2.12. The van der Waals surface area contributed by atoms with E-state index in [0.717, 1.165) is 4.31 Å². The fourth-order valence-corrected chi connectivity index (χ4v) is 3.08. The number of nitrogens with one attached hydrogen (secondary N) is 1. The molecular weight excluding hydrogens is 375 g/mol. The third kappa shape index (κ3) is 5.60. The first kappa shape index (κ1) is 20.5. The number of anilines is 1. The lowest BCUT2D eigenvalue weighted by atomic mass is 10.1. The summed E-state index contributed by atoms with van der Waals surface area (Å²) in [5, 5.41) is 2.45. The van der Waals surface area contributed by atoms with E-state index < -0.39 is 34.3 Å². The highest BCUT2D eigenvalue weighted by Crippen LogP contribution is 2.18. The molecule has 0 aromatic heterocycles. The summed E-state index contributed by atoms with van der Waals surface area (Å²) < 4.78 is 43.6. The van der Waals surface area contributed by atoms with Crippen molar-refractivity contribution in [1.29, 1.82) is 0 Å². The van der Waals surface area contributed by atoms with Gasteiger partial charge >= 0.3 is 5.97 Å². The summed E-state index contributed by atoms with van der Waals surface area (Å²) in [6, 6.07) is 11.5. The first-order valence-electron chi connectivity index (χ1n) is 7.91. The number of sulfonamides is 1. The molecule has 0 aliphatic carbocycles. The van der Waals surface area contributed by atoms with Gasteiger partial charge < -0.3 is 10.1 Å². The summed E-state index contributed by atoms with van der Waals surface area (Å²) in [4.78, 5) is 23.7. The first-order chi connectivity index (χ1) is 12.7. The van der Waals surface area contributed by atoms with E-state index in [-0.39, 0.29) is 22.6 Å². The Kier molecular flexibility index (Phi) is 6.65. The summed E-state index contributed by atoms with van der Waals surface area (Å²) in [5.41, 5.74) is 0.414. The highest BCUT2D eigenvalue weighted by atomic mass is 32.2. The van der Waals surface area contributed by atoms with E-state index >= 15 is 0 Å². The summed E-state index contributed by atoms with van der Waals surface area (Å²) in [6.45, 7) is -0.571. The standard InChI is InChI=1S/C18H19FN2O5S/c1-21(2)27(24,25)15-8-5-7-14(11-15)20-17(22)12-26-18(23)10-13-6-3-4-9-16(13)19/h3-9,11H,10,12H2,1-2H3,(H,20,22).